The number of hydrogen-bond acceptors (Lipinski definition) is 4. The summed E-state index contributed by atoms with van der Waals surface area (Å²) in [4.78, 5) is 37.2. The van der Waals surface area contributed by atoms with Crippen molar-refractivity contribution < 1.29 is 14.4 Å². The Morgan fingerprint density at radius 3 is 2.86 bits per heavy atom. The average molecular weight is 304 g/mol. The fourth-order valence-corrected chi connectivity index (χ4v) is 3.02. The van der Waals surface area contributed by atoms with Crippen LogP contribution in [0.5, 0.6) is 0 Å². The molecule has 1 aliphatic heterocycles. The van der Waals surface area contributed by atoms with Gasteiger partial charge in [-0.2, -0.15) is 0 Å². The molecule has 1 aromatic heterocycles. The Hall–Kier alpha value is -2.21. The third-order valence-electron chi connectivity index (χ3n) is 3.28. The summed E-state index contributed by atoms with van der Waals surface area (Å²) < 4.78 is 0. The predicted molar refractivity (Wildman–Crippen MR) is 81.6 cm³/mol. The van der Waals surface area contributed by atoms with Crippen LogP contribution in [-0.4, -0.2) is 29.0 Å². The number of amides is 2. The third kappa shape index (κ3) is 3.28. The van der Waals surface area contributed by atoms with Gasteiger partial charge in [0.1, 0.15) is 6.04 Å². The van der Waals surface area contributed by atoms with Gasteiger partial charge in [0.15, 0.2) is 6.29 Å². The molecule has 0 spiro atoms. The van der Waals surface area contributed by atoms with Gasteiger partial charge in [-0.25, -0.2) is 0 Å². The summed E-state index contributed by atoms with van der Waals surface area (Å²) >= 11 is 1.36. The number of nitrogens with zero attached hydrogens (tertiary/aromatic N) is 1. The predicted octanol–water partition coefficient (Wildman–Crippen LogP) is 1.95. The molecule has 110 valence electrons. The van der Waals surface area contributed by atoms with Crippen molar-refractivity contribution in [2.75, 3.05) is 0 Å². The van der Waals surface area contributed by atoms with Crippen LogP contribution >= 0.6 is 11.3 Å². The van der Waals surface area contributed by atoms with Crippen LogP contribution in [-0.2, 0) is 9.59 Å². The zero-order valence-electron chi connectivity index (χ0n) is 11.6. The van der Waals surface area contributed by atoms with E-state index in [1.54, 1.807) is 24.4 Å². The lowest BCUT2D eigenvalue weighted by Crippen LogP contribution is -2.44. The molecular formula is C15H16N2O3S. The Kier molecular flexibility index (Phi) is 4.70. The SMILES string of the molecule is CCC(C(N)=O)N1C=CC(c2ccc(C=O)s2)=CCC1=O. The Balaban J connectivity index is 2.27. The molecule has 0 saturated heterocycles. The van der Waals surface area contributed by atoms with Crippen molar-refractivity contribution in [2.24, 2.45) is 5.73 Å². The van der Waals surface area contributed by atoms with Gasteiger partial charge in [-0.3, -0.25) is 14.4 Å². The van der Waals surface area contributed by atoms with Crippen LogP contribution in [0.25, 0.3) is 5.57 Å². The number of nitrogens with two attached hydrogens (primary N) is 1. The normalized spacial score (nSPS) is 16.3. The minimum atomic E-state index is -0.629. The first kappa shape index (κ1) is 15.2. The molecule has 0 saturated carbocycles. The molecule has 2 amide bonds. The molecule has 0 bridgehead atoms. The number of carbonyl (C=O) groups excluding carboxylic acids is 3. The van der Waals surface area contributed by atoms with Gasteiger partial charge in [-0.05, 0) is 30.2 Å². The molecule has 1 atom stereocenters. The summed E-state index contributed by atoms with van der Waals surface area (Å²) in [5.74, 6) is -0.683. The van der Waals surface area contributed by atoms with E-state index in [0.717, 1.165) is 16.7 Å². The van der Waals surface area contributed by atoms with E-state index in [0.29, 0.717) is 11.3 Å². The summed E-state index contributed by atoms with van der Waals surface area (Å²) in [5.41, 5.74) is 6.20. The molecule has 0 radical (unpaired) electrons. The first-order valence-corrected chi connectivity index (χ1v) is 7.42. The lowest BCUT2D eigenvalue weighted by molar-refractivity contribution is -0.135. The summed E-state index contributed by atoms with van der Waals surface area (Å²) in [6.45, 7) is 1.81. The topological polar surface area (TPSA) is 80.5 Å². The second-order valence-corrected chi connectivity index (χ2v) is 5.74. The van der Waals surface area contributed by atoms with E-state index in [1.165, 1.54) is 16.2 Å². The molecule has 5 nitrogen and oxygen atoms in total. The zero-order chi connectivity index (χ0) is 15.4. The maximum absolute atomic E-state index is 12.1. The van der Waals surface area contributed by atoms with Gasteiger partial charge in [-0.1, -0.05) is 13.0 Å². The van der Waals surface area contributed by atoms with E-state index in [4.69, 9.17) is 5.73 Å². The van der Waals surface area contributed by atoms with Crippen molar-refractivity contribution in [3.63, 3.8) is 0 Å². The van der Waals surface area contributed by atoms with Crippen molar-refractivity contribution in [1.82, 2.24) is 4.90 Å². The molecule has 6 heteroatoms. The molecule has 2 heterocycles. The number of carbonyl (C=O) groups is 3. The van der Waals surface area contributed by atoms with E-state index in [1.807, 2.05) is 13.0 Å². The Morgan fingerprint density at radius 1 is 1.52 bits per heavy atom. The Labute approximate surface area is 126 Å². The maximum atomic E-state index is 12.1. The van der Waals surface area contributed by atoms with E-state index in [-0.39, 0.29) is 12.3 Å². The summed E-state index contributed by atoms with van der Waals surface area (Å²) in [6.07, 6.45) is 6.63. The summed E-state index contributed by atoms with van der Waals surface area (Å²) in [6, 6.07) is 2.95. The van der Waals surface area contributed by atoms with Crippen molar-refractivity contribution in [3.05, 3.63) is 40.2 Å². The van der Waals surface area contributed by atoms with Crippen LogP contribution in [0, 0.1) is 0 Å². The van der Waals surface area contributed by atoms with E-state index < -0.39 is 11.9 Å². The highest BCUT2D eigenvalue weighted by Gasteiger charge is 2.25. The minimum absolute atomic E-state index is 0.168. The molecule has 2 N–H and O–H groups in total. The van der Waals surface area contributed by atoms with E-state index in [2.05, 4.69) is 0 Å². The van der Waals surface area contributed by atoms with Crippen molar-refractivity contribution in [2.45, 2.75) is 25.8 Å². The van der Waals surface area contributed by atoms with Crippen LogP contribution in [0.15, 0.2) is 30.5 Å². The number of primary amides is 1. The highest BCUT2D eigenvalue weighted by Crippen LogP contribution is 2.27. The molecule has 1 unspecified atom stereocenters. The van der Waals surface area contributed by atoms with Crippen LogP contribution in [0.1, 0.15) is 34.3 Å². The standard InChI is InChI=1S/C15H16N2O3S/c1-2-12(15(16)20)17-8-7-10(3-6-14(17)19)13-5-4-11(9-18)21-13/h3-5,7-9,12H,2,6H2,1H3,(H2,16,20). The Bertz CT molecular complexity index is 631. The number of rotatable bonds is 5. The summed E-state index contributed by atoms with van der Waals surface area (Å²) in [7, 11) is 0. The molecule has 0 fully saturated rings. The van der Waals surface area contributed by atoms with Gasteiger partial charge in [0.25, 0.3) is 0 Å². The lowest BCUT2D eigenvalue weighted by Gasteiger charge is -2.24. The number of aldehydes is 1. The fourth-order valence-electron chi connectivity index (χ4n) is 2.18. The van der Waals surface area contributed by atoms with E-state index in [9.17, 15) is 14.4 Å². The minimum Gasteiger partial charge on any atom is -0.368 e. The maximum Gasteiger partial charge on any atom is 0.240 e. The number of hydrogen-bond donors (Lipinski definition) is 1. The van der Waals surface area contributed by atoms with Gasteiger partial charge >= 0.3 is 0 Å². The first-order valence-electron chi connectivity index (χ1n) is 6.61. The van der Waals surface area contributed by atoms with Crippen LogP contribution < -0.4 is 5.73 Å². The van der Waals surface area contributed by atoms with Crippen molar-refractivity contribution in [1.29, 1.82) is 0 Å². The second kappa shape index (κ2) is 6.49. The van der Waals surface area contributed by atoms with Gasteiger partial charge in [0.05, 0.1) is 4.88 Å². The average Bonchev–Trinajstić information content (AvgIpc) is 2.86. The van der Waals surface area contributed by atoms with Gasteiger partial charge < -0.3 is 10.6 Å². The van der Waals surface area contributed by atoms with Crippen LogP contribution in [0.2, 0.25) is 0 Å². The smallest absolute Gasteiger partial charge is 0.240 e. The molecule has 21 heavy (non-hydrogen) atoms. The van der Waals surface area contributed by atoms with Crippen LogP contribution in [0.4, 0.5) is 0 Å². The highest BCUT2D eigenvalue weighted by molar-refractivity contribution is 7.14. The van der Waals surface area contributed by atoms with Crippen LogP contribution in [0.3, 0.4) is 0 Å². The van der Waals surface area contributed by atoms with E-state index >= 15 is 0 Å². The molecule has 2 rings (SSSR count). The second-order valence-electron chi connectivity index (χ2n) is 4.63. The first-order chi connectivity index (χ1) is 10.1. The monoisotopic (exact) mass is 304 g/mol. The van der Waals surface area contributed by atoms with Gasteiger partial charge in [0, 0.05) is 17.5 Å². The number of allylic oxidation sites excluding steroid dienone is 2. The van der Waals surface area contributed by atoms with Gasteiger partial charge in [0.2, 0.25) is 11.8 Å². The summed E-state index contributed by atoms with van der Waals surface area (Å²) in [5, 5.41) is 0. The largest absolute Gasteiger partial charge is 0.368 e. The van der Waals surface area contributed by atoms with Gasteiger partial charge in [-0.15, -0.1) is 11.3 Å². The molecule has 1 aromatic rings. The Morgan fingerprint density at radius 2 is 2.29 bits per heavy atom. The molecule has 0 aliphatic carbocycles. The highest BCUT2D eigenvalue weighted by atomic mass is 32.1. The molecule has 0 aromatic carbocycles. The van der Waals surface area contributed by atoms with Crippen molar-refractivity contribution >= 4 is 35.0 Å². The van der Waals surface area contributed by atoms with Crippen molar-refractivity contribution in [3.8, 4) is 0 Å². The molecular weight excluding hydrogens is 288 g/mol. The zero-order valence-corrected chi connectivity index (χ0v) is 12.4. The lowest BCUT2D eigenvalue weighted by atomic mass is 10.1. The molecule has 1 aliphatic rings. The fraction of sp³-hybridized carbons (Fsp3) is 0.267. The third-order valence-corrected chi connectivity index (χ3v) is 4.34. The number of thiophene rings is 1. The quantitative estimate of drug-likeness (QED) is 0.844.